The van der Waals surface area contributed by atoms with Gasteiger partial charge in [-0.2, -0.15) is 0 Å². The number of hydrogen-bond acceptors (Lipinski definition) is 4. The molecule has 0 unspecified atom stereocenters. The van der Waals surface area contributed by atoms with Crippen molar-refractivity contribution in [3.8, 4) is 11.5 Å². The van der Waals surface area contributed by atoms with Gasteiger partial charge in [0.15, 0.2) is 11.5 Å². The molecule has 2 heterocycles. The summed E-state index contributed by atoms with van der Waals surface area (Å²) in [6, 6.07) is 14.2. The third-order valence-electron chi connectivity index (χ3n) is 4.66. The predicted octanol–water partition coefficient (Wildman–Crippen LogP) is 2.29. The normalized spacial score (nSPS) is 18.5. The summed E-state index contributed by atoms with van der Waals surface area (Å²) in [6.07, 6.45) is 0.600. The summed E-state index contributed by atoms with van der Waals surface area (Å²) in [5, 5.41) is 0. The van der Waals surface area contributed by atoms with Crippen molar-refractivity contribution in [1.82, 2.24) is 4.90 Å². The number of carbonyl (C=O) groups excluding carboxylic acids is 2. The zero-order chi connectivity index (χ0) is 17.4. The Kier molecular flexibility index (Phi) is 3.80. The van der Waals surface area contributed by atoms with Crippen LogP contribution in [0.1, 0.15) is 16.8 Å². The fourth-order valence-electron chi connectivity index (χ4n) is 3.32. The first-order chi connectivity index (χ1) is 12.2. The highest BCUT2D eigenvalue weighted by Crippen LogP contribution is 2.36. The molecule has 6 nitrogen and oxygen atoms in total. The summed E-state index contributed by atoms with van der Waals surface area (Å²) in [5.41, 5.74) is 1.27. The minimum atomic E-state index is -0.481. The number of rotatable bonds is 3. The van der Waals surface area contributed by atoms with Gasteiger partial charge in [0.05, 0.1) is 5.56 Å². The molecule has 25 heavy (non-hydrogen) atoms. The number of nitrogens with zero attached hydrogens (tertiary/aromatic N) is 2. The molecule has 0 radical (unpaired) electrons. The molecule has 1 atom stereocenters. The summed E-state index contributed by atoms with van der Waals surface area (Å²) >= 11 is 0. The predicted molar refractivity (Wildman–Crippen MR) is 91.9 cm³/mol. The van der Waals surface area contributed by atoms with Crippen LogP contribution < -0.4 is 14.4 Å². The van der Waals surface area contributed by atoms with Crippen molar-refractivity contribution in [3.63, 3.8) is 0 Å². The van der Waals surface area contributed by atoms with Crippen molar-refractivity contribution in [2.24, 2.45) is 0 Å². The van der Waals surface area contributed by atoms with Gasteiger partial charge in [0.25, 0.3) is 5.91 Å². The van der Waals surface area contributed by atoms with Crippen molar-refractivity contribution in [2.75, 3.05) is 25.3 Å². The molecule has 2 aliphatic heterocycles. The Morgan fingerprint density at radius 3 is 2.72 bits per heavy atom. The van der Waals surface area contributed by atoms with Crippen LogP contribution in [-0.2, 0) is 4.79 Å². The van der Waals surface area contributed by atoms with Gasteiger partial charge in [0.1, 0.15) is 6.04 Å². The minimum Gasteiger partial charge on any atom is -0.454 e. The highest BCUT2D eigenvalue weighted by Gasteiger charge is 2.38. The molecule has 1 saturated heterocycles. The number of amides is 2. The highest BCUT2D eigenvalue weighted by atomic mass is 16.7. The van der Waals surface area contributed by atoms with Gasteiger partial charge in [-0.05, 0) is 30.7 Å². The second-order valence-electron chi connectivity index (χ2n) is 6.09. The monoisotopic (exact) mass is 338 g/mol. The quantitative estimate of drug-likeness (QED) is 0.862. The lowest BCUT2D eigenvalue weighted by molar-refractivity contribution is -0.120. The maximum absolute atomic E-state index is 12.9. The van der Waals surface area contributed by atoms with Crippen LogP contribution in [0.3, 0.4) is 0 Å². The minimum absolute atomic E-state index is 0.0632. The Morgan fingerprint density at radius 2 is 1.92 bits per heavy atom. The maximum atomic E-state index is 12.9. The van der Waals surface area contributed by atoms with Gasteiger partial charge < -0.3 is 19.3 Å². The summed E-state index contributed by atoms with van der Waals surface area (Å²) in [4.78, 5) is 28.9. The van der Waals surface area contributed by atoms with E-state index in [2.05, 4.69) is 0 Å². The van der Waals surface area contributed by atoms with Crippen molar-refractivity contribution >= 4 is 17.5 Å². The average molecular weight is 338 g/mol. The van der Waals surface area contributed by atoms with Crippen LogP contribution in [0, 0.1) is 0 Å². The fourth-order valence-corrected chi connectivity index (χ4v) is 3.32. The third-order valence-corrected chi connectivity index (χ3v) is 4.66. The molecule has 2 amide bonds. The van der Waals surface area contributed by atoms with Crippen molar-refractivity contribution in [2.45, 2.75) is 12.5 Å². The number of para-hydroxylation sites is 2. The van der Waals surface area contributed by atoms with Gasteiger partial charge in [0, 0.05) is 19.3 Å². The Labute approximate surface area is 145 Å². The van der Waals surface area contributed by atoms with Gasteiger partial charge in [-0.25, -0.2) is 0 Å². The second kappa shape index (κ2) is 6.12. The number of hydrogen-bond donors (Lipinski definition) is 0. The van der Waals surface area contributed by atoms with Gasteiger partial charge in [-0.3, -0.25) is 9.59 Å². The van der Waals surface area contributed by atoms with Gasteiger partial charge in [-0.1, -0.05) is 24.3 Å². The van der Waals surface area contributed by atoms with Crippen molar-refractivity contribution in [1.29, 1.82) is 0 Å². The van der Waals surface area contributed by atoms with E-state index in [9.17, 15) is 9.59 Å². The molecular formula is C19H18N2O4. The number of anilines is 1. The SMILES string of the molecule is CN(C(=O)c1cccc2c1OCO2)[C@H]1CCN(c2ccccc2)C1=O. The van der Waals surface area contributed by atoms with Crippen molar-refractivity contribution in [3.05, 3.63) is 54.1 Å². The number of ether oxygens (including phenoxy) is 2. The first-order valence-corrected chi connectivity index (χ1v) is 8.19. The molecule has 0 spiro atoms. The topological polar surface area (TPSA) is 59.1 Å². The lowest BCUT2D eigenvalue weighted by Crippen LogP contribution is -2.43. The molecule has 2 aromatic rings. The van der Waals surface area contributed by atoms with Crippen LogP contribution in [0.2, 0.25) is 0 Å². The van der Waals surface area contributed by atoms with Crippen LogP contribution in [0.15, 0.2) is 48.5 Å². The number of likely N-dealkylation sites (N-methyl/N-ethyl adjacent to an activating group) is 1. The Hall–Kier alpha value is -3.02. The molecule has 4 rings (SSSR count). The smallest absolute Gasteiger partial charge is 0.258 e. The number of carbonyl (C=O) groups is 2. The van der Waals surface area contributed by atoms with E-state index in [0.717, 1.165) is 5.69 Å². The Morgan fingerprint density at radius 1 is 1.12 bits per heavy atom. The van der Waals surface area contributed by atoms with E-state index < -0.39 is 6.04 Å². The molecule has 2 aromatic carbocycles. The first kappa shape index (κ1) is 15.5. The van der Waals surface area contributed by atoms with E-state index in [1.165, 1.54) is 4.90 Å². The highest BCUT2D eigenvalue weighted by molar-refractivity contribution is 6.05. The zero-order valence-electron chi connectivity index (χ0n) is 13.8. The molecular weight excluding hydrogens is 320 g/mol. The molecule has 0 saturated carbocycles. The van der Waals surface area contributed by atoms with Crippen LogP contribution in [0.4, 0.5) is 5.69 Å². The standard InChI is InChI=1S/C19H18N2O4/c1-20(18(22)14-8-5-9-16-17(14)25-12-24-16)15-10-11-21(19(15)23)13-6-3-2-4-7-13/h2-9,15H,10-12H2,1H3/t15-/m0/s1. The number of benzene rings is 2. The number of fused-ring (bicyclic) bond motifs is 1. The Bertz CT molecular complexity index is 821. The molecule has 0 aliphatic carbocycles. The summed E-state index contributed by atoms with van der Waals surface area (Å²) < 4.78 is 10.7. The van der Waals surface area contributed by atoms with Gasteiger partial charge in [-0.15, -0.1) is 0 Å². The van der Waals surface area contributed by atoms with E-state index in [0.29, 0.717) is 30.0 Å². The maximum Gasteiger partial charge on any atom is 0.258 e. The van der Waals surface area contributed by atoms with E-state index in [1.807, 2.05) is 30.3 Å². The molecule has 128 valence electrons. The van der Waals surface area contributed by atoms with Crippen LogP contribution >= 0.6 is 0 Å². The summed E-state index contributed by atoms with van der Waals surface area (Å²) in [5.74, 6) is 0.704. The molecule has 1 fully saturated rings. The molecule has 6 heteroatoms. The Balaban J connectivity index is 1.56. The molecule has 0 bridgehead atoms. The molecule has 0 aromatic heterocycles. The summed E-state index contributed by atoms with van der Waals surface area (Å²) in [7, 11) is 1.66. The lowest BCUT2D eigenvalue weighted by Gasteiger charge is -2.24. The lowest BCUT2D eigenvalue weighted by atomic mass is 10.1. The second-order valence-corrected chi connectivity index (χ2v) is 6.09. The first-order valence-electron chi connectivity index (χ1n) is 8.19. The fraction of sp³-hybridized carbons (Fsp3) is 0.263. The molecule has 2 aliphatic rings. The van der Waals surface area contributed by atoms with E-state index in [1.54, 1.807) is 30.1 Å². The van der Waals surface area contributed by atoms with E-state index in [-0.39, 0.29) is 18.6 Å². The molecule has 0 N–H and O–H groups in total. The summed E-state index contributed by atoms with van der Waals surface area (Å²) in [6.45, 7) is 0.700. The van der Waals surface area contributed by atoms with E-state index >= 15 is 0 Å². The average Bonchev–Trinajstić information content (AvgIpc) is 3.27. The van der Waals surface area contributed by atoms with Crippen LogP contribution in [-0.4, -0.2) is 43.1 Å². The third kappa shape index (κ3) is 2.59. The van der Waals surface area contributed by atoms with Crippen molar-refractivity contribution < 1.29 is 19.1 Å². The van der Waals surface area contributed by atoms with E-state index in [4.69, 9.17) is 9.47 Å². The largest absolute Gasteiger partial charge is 0.454 e. The van der Waals surface area contributed by atoms with Crippen LogP contribution in [0.5, 0.6) is 11.5 Å². The van der Waals surface area contributed by atoms with Gasteiger partial charge >= 0.3 is 0 Å². The zero-order valence-corrected chi connectivity index (χ0v) is 13.8. The van der Waals surface area contributed by atoms with Gasteiger partial charge in [0.2, 0.25) is 12.7 Å². The van der Waals surface area contributed by atoms with Crippen LogP contribution in [0.25, 0.3) is 0 Å².